The maximum absolute atomic E-state index is 10.6. The summed E-state index contributed by atoms with van der Waals surface area (Å²) in [5.74, 6) is 0.326. The van der Waals surface area contributed by atoms with Crippen LogP contribution in [0.25, 0.3) is 0 Å². The van der Waals surface area contributed by atoms with Gasteiger partial charge in [0.25, 0.3) is 0 Å². The summed E-state index contributed by atoms with van der Waals surface area (Å²) in [7, 11) is 0. The molecule has 2 fully saturated rings. The van der Waals surface area contributed by atoms with Gasteiger partial charge < -0.3 is 15.7 Å². The largest absolute Gasteiger partial charge is 0.393 e. The predicted octanol–water partition coefficient (Wildman–Crippen LogP) is 4.23. The Morgan fingerprint density at radius 2 is 1.70 bits per heavy atom. The van der Waals surface area contributed by atoms with E-state index in [1.807, 2.05) is 30.3 Å². The topological polar surface area (TPSA) is 44.3 Å². The quantitative estimate of drug-likeness (QED) is 0.725. The summed E-state index contributed by atoms with van der Waals surface area (Å²) in [6.07, 6.45) is 10.2. The lowest BCUT2D eigenvalue weighted by atomic mass is 9.66. The van der Waals surface area contributed by atoms with Crippen LogP contribution in [0.5, 0.6) is 0 Å². The van der Waals surface area contributed by atoms with Crippen LogP contribution in [0.1, 0.15) is 57.8 Å². The lowest BCUT2D eigenvalue weighted by Crippen LogP contribution is -2.59. The molecule has 3 rings (SSSR count). The maximum Gasteiger partial charge on any atom is 0.171 e. The minimum atomic E-state index is -0.186. The Morgan fingerprint density at radius 3 is 2.39 bits per heavy atom. The van der Waals surface area contributed by atoms with E-state index in [9.17, 15) is 5.11 Å². The van der Waals surface area contributed by atoms with E-state index in [-0.39, 0.29) is 11.6 Å². The molecule has 0 aliphatic heterocycles. The molecule has 0 unspecified atom stereocenters. The molecule has 4 heteroatoms. The van der Waals surface area contributed by atoms with Crippen molar-refractivity contribution in [2.45, 2.75) is 69.4 Å². The minimum Gasteiger partial charge on any atom is -0.393 e. The summed E-state index contributed by atoms with van der Waals surface area (Å²) in [6, 6.07) is 10.1. The molecule has 2 saturated carbocycles. The smallest absolute Gasteiger partial charge is 0.171 e. The molecule has 0 amide bonds. The van der Waals surface area contributed by atoms with Crippen molar-refractivity contribution >= 4 is 23.0 Å². The summed E-state index contributed by atoms with van der Waals surface area (Å²) < 4.78 is 0. The highest BCUT2D eigenvalue weighted by atomic mass is 32.1. The molecular weight excluding hydrogens is 304 g/mol. The van der Waals surface area contributed by atoms with Crippen LogP contribution in [0.15, 0.2) is 30.3 Å². The van der Waals surface area contributed by atoms with E-state index in [0.717, 1.165) is 37.8 Å². The monoisotopic (exact) mass is 332 g/mol. The average molecular weight is 333 g/mol. The van der Waals surface area contributed by atoms with Gasteiger partial charge in [0.1, 0.15) is 0 Å². The van der Waals surface area contributed by atoms with Crippen molar-refractivity contribution in [3.8, 4) is 0 Å². The Balaban J connectivity index is 1.72. The molecule has 0 aromatic heterocycles. The zero-order valence-electron chi connectivity index (χ0n) is 13.8. The number of nitrogens with one attached hydrogen (secondary N) is 2. The Bertz CT molecular complexity index is 513. The van der Waals surface area contributed by atoms with E-state index < -0.39 is 0 Å². The first kappa shape index (κ1) is 16.7. The van der Waals surface area contributed by atoms with Crippen LogP contribution in [0, 0.1) is 5.92 Å². The molecule has 0 saturated heterocycles. The third-order valence-corrected chi connectivity index (χ3v) is 5.78. The average Bonchev–Trinajstić information content (AvgIpc) is 2.57. The molecule has 126 valence electrons. The van der Waals surface area contributed by atoms with E-state index in [1.165, 1.54) is 25.7 Å². The van der Waals surface area contributed by atoms with Crippen molar-refractivity contribution in [3.05, 3.63) is 30.3 Å². The Morgan fingerprint density at radius 1 is 1.00 bits per heavy atom. The van der Waals surface area contributed by atoms with Gasteiger partial charge in [-0.3, -0.25) is 0 Å². The Labute approximate surface area is 144 Å². The number of hydrogen-bond donors (Lipinski definition) is 3. The molecule has 0 bridgehead atoms. The number of thiocarbonyl (C=S) groups is 1. The highest BCUT2D eigenvalue weighted by Gasteiger charge is 2.44. The molecular formula is C19H28N2OS. The van der Waals surface area contributed by atoms with Crippen molar-refractivity contribution in [2.75, 3.05) is 5.32 Å². The molecule has 1 aromatic carbocycles. The van der Waals surface area contributed by atoms with Crippen LogP contribution in [0.3, 0.4) is 0 Å². The van der Waals surface area contributed by atoms with Gasteiger partial charge in [-0.25, -0.2) is 0 Å². The first-order chi connectivity index (χ1) is 11.2. The minimum absolute atomic E-state index is 0.0308. The maximum atomic E-state index is 10.6. The second-order valence-electron chi connectivity index (χ2n) is 7.12. The summed E-state index contributed by atoms with van der Waals surface area (Å²) in [6.45, 7) is 0. The summed E-state index contributed by atoms with van der Waals surface area (Å²) in [5.41, 5.74) is 0.983. The van der Waals surface area contributed by atoms with Gasteiger partial charge in [0.2, 0.25) is 0 Å². The van der Waals surface area contributed by atoms with E-state index in [0.29, 0.717) is 11.0 Å². The lowest BCUT2D eigenvalue weighted by Gasteiger charge is -2.48. The van der Waals surface area contributed by atoms with Crippen LogP contribution >= 0.6 is 12.2 Å². The molecule has 0 heterocycles. The molecule has 0 radical (unpaired) electrons. The summed E-state index contributed by atoms with van der Waals surface area (Å²) >= 11 is 5.59. The Hall–Kier alpha value is -1.13. The number of aliphatic hydroxyl groups is 1. The fourth-order valence-electron chi connectivity index (χ4n) is 4.44. The van der Waals surface area contributed by atoms with Gasteiger partial charge >= 0.3 is 0 Å². The SMILES string of the molecule is O[C@@H]1CCCC[C@H]1C1(NC(=S)Nc2ccccc2)CCCCC1. The number of anilines is 1. The van der Waals surface area contributed by atoms with Crippen molar-refractivity contribution in [1.29, 1.82) is 0 Å². The van der Waals surface area contributed by atoms with Crippen molar-refractivity contribution < 1.29 is 5.11 Å². The summed E-state index contributed by atoms with van der Waals surface area (Å²) in [5, 5.41) is 18.2. The molecule has 2 aliphatic carbocycles. The highest BCUT2D eigenvalue weighted by molar-refractivity contribution is 7.80. The molecule has 1 aromatic rings. The molecule has 23 heavy (non-hydrogen) atoms. The Kier molecular flexibility index (Phi) is 5.54. The fraction of sp³-hybridized carbons (Fsp3) is 0.632. The molecule has 2 aliphatic rings. The van der Waals surface area contributed by atoms with E-state index >= 15 is 0 Å². The van der Waals surface area contributed by atoms with Crippen molar-refractivity contribution in [1.82, 2.24) is 5.32 Å². The third-order valence-electron chi connectivity index (χ3n) is 5.58. The first-order valence-corrected chi connectivity index (χ1v) is 9.43. The van der Waals surface area contributed by atoms with Gasteiger partial charge in [-0.2, -0.15) is 0 Å². The molecule has 0 spiro atoms. The second-order valence-corrected chi connectivity index (χ2v) is 7.53. The standard InChI is InChI=1S/C19H28N2OS/c22-17-12-6-5-11-16(17)19(13-7-2-8-14-19)21-18(23)20-15-9-3-1-4-10-15/h1,3-4,9-10,16-17,22H,2,5-8,11-14H2,(H2,20,21,23)/t16-,17-/m1/s1. The van der Waals surface area contributed by atoms with Crippen LogP contribution < -0.4 is 10.6 Å². The third kappa shape index (κ3) is 4.04. The van der Waals surface area contributed by atoms with E-state index in [4.69, 9.17) is 12.2 Å². The van der Waals surface area contributed by atoms with Gasteiger partial charge in [0.05, 0.1) is 6.10 Å². The van der Waals surface area contributed by atoms with Gasteiger partial charge in [-0.15, -0.1) is 0 Å². The van der Waals surface area contributed by atoms with Gasteiger partial charge in [-0.1, -0.05) is 50.3 Å². The first-order valence-electron chi connectivity index (χ1n) is 9.02. The molecule has 2 atom stereocenters. The normalized spacial score (nSPS) is 27.2. The van der Waals surface area contributed by atoms with Crippen LogP contribution in [0.4, 0.5) is 5.69 Å². The van der Waals surface area contributed by atoms with Gasteiger partial charge in [0, 0.05) is 17.1 Å². The molecule has 3 N–H and O–H groups in total. The zero-order chi connectivity index (χ0) is 16.1. The van der Waals surface area contributed by atoms with Crippen LogP contribution in [0.2, 0.25) is 0 Å². The predicted molar refractivity (Wildman–Crippen MR) is 99.6 cm³/mol. The lowest BCUT2D eigenvalue weighted by molar-refractivity contribution is 0.00314. The summed E-state index contributed by atoms with van der Waals surface area (Å²) in [4.78, 5) is 0. The van der Waals surface area contributed by atoms with Crippen molar-refractivity contribution in [2.24, 2.45) is 5.92 Å². The number of rotatable bonds is 3. The van der Waals surface area contributed by atoms with Gasteiger partial charge in [-0.05, 0) is 50.0 Å². The highest BCUT2D eigenvalue weighted by Crippen LogP contribution is 2.41. The van der Waals surface area contributed by atoms with E-state index in [2.05, 4.69) is 10.6 Å². The molecule has 3 nitrogen and oxygen atoms in total. The second kappa shape index (κ2) is 7.63. The van der Waals surface area contributed by atoms with Crippen LogP contribution in [-0.4, -0.2) is 21.9 Å². The number of para-hydroxylation sites is 1. The number of aliphatic hydroxyl groups excluding tert-OH is 1. The van der Waals surface area contributed by atoms with Gasteiger partial charge in [0.15, 0.2) is 5.11 Å². The zero-order valence-corrected chi connectivity index (χ0v) is 14.6. The number of benzene rings is 1. The van der Waals surface area contributed by atoms with E-state index in [1.54, 1.807) is 0 Å². The van der Waals surface area contributed by atoms with Crippen molar-refractivity contribution in [3.63, 3.8) is 0 Å². The fourth-order valence-corrected chi connectivity index (χ4v) is 4.76. The van der Waals surface area contributed by atoms with Crippen LogP contribution in [-0.2, 0) is 0 Å². The number of hydrogen-bond acceptors (Lipinski definition) is 2.